The van der Waals surface area contributed by atoms with Crippen LogP contribution in [0.2, 0.25) is 0 Å². The molecule has 2 atom stereocenters. The summed E-state index contributed by atoms with van der Waals surface area (Å²) in [5.41, 5.74) is 4.38. The fourth-order valence-electron chi connectivity index (χ4n) is 3.14. The summed E-state index contributed by atoms with van der Waals surface area (Å²) < 4.78 is 0. The molecule has 24 heavy (non-hydrogen) atoms. The molecule has 0 saturated carbocycles. The maximum atomic E-state index is 12.7. The third-order valence-corrected chi connectivity index (χ3v) is 5.23. The number of nitrogens with one attached hydrogen (secondary N) is 1. The van der Waals surface area contributed by atoms with Gasteiger partial charge in [-0.25, -0.2) is 5.48 Å². The van der Waals surface area contributed by atoms with Crippen molar-refractivity contribution in [1.82, 2.24) is 5.48 Å². The van der Waals surface area contributed by atoms with E-state index in [-0.39, 0.29) is 23.8 Å². The fraction of sp³-hybridized carbons (Fsp3) is 0.333. The molecular weight excluding hydrogens is 324 g/mol. The number of anilines is 1. The molecule has 0 bridgehead atoms. The average molecular weight is 344 g/mol. The van der Waals surface area contributed by atoms with Crippen LogP contribution in [0.5, 0.6) is 0 Å². The topological polar surface area (TPSA) is 58.6 Å². The summed E-state index contributed by atoms with van der Waals surface area (Å²) in [6.45, 7) is 2.01. The van der Waals surface area contributed by atoms with Crippen LogP contribution in [0.4, 0.5) is 5.69 Å². The molecule has 2 aromatic rings. The number of amides is 2. The van der Waals surface area contributed by atoms with Crippen LogP contribution >= 0.6 is 11.3 Å². The molecule has 1 fully saturated rings. The summed E-state index contributed by atoms with van der Waals surface area (Å²) in [4.78, 5) is 32.7. The van der Waals surface area contributed by atoms with Gasteiger partial charge in [0, 0.05) is 17.0 Å². The number of carbonyl (C=O) groups is 2. The maximum Gasteiger partial charge on any atom is 0.249 e. The van der Waals surface area contributed by atoms with Crippen molar-refractivity contribution in [2.75, 3.05) is 12.0 Å². The lowest BCUT2D eigenvalue weighted by atomic mass is 9.86. The number of hydrogen-bond donors (Lipinski definition) is 1. The first kappa shape index (κ1) is 16.7. The maximum absolute atomic E-state index is 12.7. The summed E-state index contributed by atoms with van der Waals surface area (Å²) in [6, 6.07) is 11.4. The molecule has 6 heteroatoms. The van der Waals surface area contributed by atoms with E-state index >= 15 is 0 Å². The van der Waals surface area contributed by atoms with E-state index in [1.165, 1.54) is 7.11 Å². The van der Waals surface area contributed by atoms with Crippen molar-refractivity contribution in [3.8, 4) is 0 Å². The lowest BCUT2D eigenvalue weighted by molar-refractivity contribution is -0.138. The van der Waals surface area contributed by atoms with Gasteiger partial charge in [0.25, 0.3) is 0 Å². The van der Waals surface area contributed by atoms with Crippen LogP contribution in [0.3, 0.4) is 0 Å². The van der Waals surface area contributed by atoms with Crippen LogP contribution in [0, 0.1) is 12.8 Å². The van der Waals surface area contributed by atoms with E-state index in [1.807, 2.05) is 48.7 Å². The molecule has 5 nitrogen and oxygen atoms in total. The normalized spacial score (nSPS) is 20.9. The van der Waals surface area contributed by atoms with E-state index in [4.69, 9.17) is 4.84 Å². The number of thiophene rings is 1. The van der Waals surface area contributed by atoms with E-state index < -0.39 is 0 Å². The van der Waals surface area contributed by atoms with Gasteiger partial charge in [-0.05, 0) is 36.9 Å². The zero-order valence-corrected chi connectivity index (χ0v) is 14.5. The van der Waals surface area contributed by atoms with Gasteiger partial charge in [-0.3, -0.25) is 14.4 Å². The lowest BCUT2D eigenvalue weighted by Crippen LogP contribution is -2.48. The molecule has 0 aliphatic carbocycles. The number of carbonyl (C=O) groups excluding carboxylic acids is 2. The molecule has 0 radical (unpaired) electrons. The standard InChI is InChI=1S/C18H20N2O3S/c1-12-5-7-13(8-6-12)20-16(21)10-9-14(18(22)19-23-2)17(20)15-4-3-11-24-15/h3-8,11,14,17H,9-10H2,1-2H3,(H,19,22)/t14-,17+/m1/s1. The molecule has 0 unspecified atom stereocenters. The summed E-state index contributed by atoms with van der Waals surface area (Å²) in [5, 5.41) is 1.97. The monoisotopic (exact) mass is 344 g/mol. The molecule has 1 aromatic carbocycles. The fourth-order valence-corrected chi connectivity index (χ4v) is 4.02. The molecule has 3 rings (SSSR count). The minimum Gasteiger partial charge on any atom is -0.303 e. The van der Waals surface area contributed by atoms with Crippen LogP contribution in [0.1, 0.15) is 29.3 Å². The summed E-state index contributed by atoms with van der Waals surface area (Å²) in [7, 11) is 1.42. The first-order chi connectivity index (χ1) is 11.6. The molecule has 1 saturated heterocycles. The second-order valence-electron chi connectivity index (χ2n) is 5.88. The Morgan fingerprint density at radius 2 is 2.04 bits per heavy atom. The molecular formula is C18H20N2O3S. The van der Waals surface area contributed by atoms with Gasteiger partial charge in [0.1, 0.15) is 0 Å². The van der Waals surface area contributed by atoms with E-state index in [0.717, 1.165) is 16.1 Å². The van der Waals surface area contributed by atoms with Crippen molar-refractivity contribution in [3.05, 3.63) is 52.2 Å². The number of piperidine rings is 1. The Morgan fingerprint density at radius 3 is 2.67 bits per heavy atom. The highest BCUT2D eigenvalue weighted by Crippen LogP contribution is 2.41. The van der Waals surface area contributed by atoms with Crippen LogP contribution in [0.25, 0.3) is 0 Å². The third kappa shape index (κ3) is 3.20. The average Bonchev–Trinajstić information content (AvgIpc) is 3.10. The van der Waals surface area contributed by atoms with Gasteiger partial charge in [0.15, 0.2) is 0 Å². The van der Waals surface area contributed by atoms with Gasteiger partial charge in [-0.1, -0.05) is 23.8 Å². The van der Waals surface area contributed by atoms with Crippen molar-refractivity contribution in [1.29, 1.82) is 0 Å². The van der Waals surface area contributed by atoms with Crippen molar-refractivity contribution in [2.45, 2.75) is 25.8 Å². The highest BCUT2D eigenvalue weighted by Gasteiger charge is 2.42. The molecule has 1 aromatic heterocycles. The molecule has 2 amide bonds. The quantitative estimate of drug-likeness (QED) is 0.867. The highest BCUT2D eigenvalue weighted by molar-refractivity contribution is 7.10. The zero-order valence-electron chi connectivity index (χ0n) is 13.7. The number of nitrogens with zero attached hydrogens (tertiary/aromatic N) is 1. The summed E-state index contributed by atoms with van der Waals surface area (Å²) in [6.07, 6.45) is 0.858. The third-order valence-electron chi connectivity index (χ3n) is 4.28. The lowest BCUT2D eigenvalue weighted by Gasteiger charge is -2.40. The van der Waals surface area contributed by atoms with Crippen LogP contribution in [0.15, 0.2) is 41.8 Å². The molecule has 1 N–H and O–H groups in total. The second-order valence-corrected chi connectivity index (χ2v) is 6.85. The van der Waals surface area contributed by atoms with Crippen LogP contribution in [-0.2, 0) is 14.4 Å². The number of aryl methyl sites for hydroxylation is 1. The van der Waals surface area contributed by atoms with Crippen molar-refractivity contribution in [2.24, 2.45) is 5.92 Å². The second kappa shape index (κ2) is 7.15. The van der Waals surface area contributed by atoms with E-state index in [0.29, 0.717) is 12.8 Å². The van der Waals surface area contributed by atoms with E-state index in [9.17, 15) is 9.59 Å². The Labute approximate surface area is 145 Å². The Hall–Kier alpha value is -2.18. The minimum atomic E-state index is -0.345. The van der Waals surface area contributed by atoms with E-state index in [2.05, 4.69) is 5.48 Å². The summed E-state index contributed by atoms with van der Waals surface area (Å²) >= 11 is 1.56. The first-order valence-electron chi connectivity index (χ1n) is 7.87. The molecule has 1 aliphatic heterocycles. The predicted molar refractivity (Wildman–Crippen MR) is 93.6 cm³/mol. The zero-order chi connectivity index (χ0) is 17.1. The van der Waals surface area contributed by atoms with Gasteiger partial charge in [-0.15, -0.1) is 11.3 Å². The molecule has 126 valence electrons. The van der Waals surface area contributed by atoms with Crippen LogP contribution in [-0.4, -0.2) is 18.9 Å². The van der Waals surface area contributed by atoms with Crippen LogP contribution < -0.4 is 10.4 Å². The smallest absolute Gasteiger partial charge is 0.249 e. The number of hydrogen-bond acceptors (Lipinski definition) is 4. The number of rotatable bonds is 4. The highest BCUT2D eigenvalue weighted by atomic mass is 32.1. The minimum absolute atomic E-state index is 0.0405. The molecule has 1 aliphatic rings. The SMILES string of the molecule is CONC(=O)[C@@H]1CCC(=O)N(c2ccc(C)cc2)[C@@H]1c1cccs1. The first-order valence-corrected chi connectivity index (χ1v) is 8.74. The van der Waals surface area contributed by atoms with Gasteiger partial charge >= 0.3 is 0 Å². The van der Waals surface area contributed by atoms with Gasteiger partial charge < -0.3 is 4.90 Å². The van der Waals surface area contributed by atoms with Gasteiger partial charge in [-0.2, -0.15) is 0 Å². The van der Waals surface area contributed by atoms with Crippen molar-refractivity contribution >= 4 is 28.8 Å². The Morgan fingerprint density at radius 1 is 1.29 bits per heavy atom. The number of benzene rings is 1. The van der Waals surface area contributed by atoms with Crippen molar-refractivity contribution in [3.63, 3.8) is 0 Å². The largest absolute Gasteiger partial charge is 0.303 e. The Kier molecular flexibility index (Phi) is 4.97. The van der Waals surface area contributed by atoms with E-state index in [1.54, 1.807) is 16.2 Å². The Balaban J connectivity index is 2.03. The molecule has 0 spiro atoms. The predicted octanol–water partition coefficient (Wildman–Crippen LogP) is 3.22. The van der Waals surface area contributed by atoms with Gasteiger partial charge in [0.05, 0.1) is 19.1 Å². The van der Waals surface area contributed by atoms with Gasteiger partial charge in [0.2, 0.25) is 11.8 Å². The van der Waals surface area contributed by atoms with Crippen molar-refractivity contribution < 1.29 is 14.4 Å². The number of hydroxylamine groups is 1. The summed E-state index contributed by atoms with van der Waals surface area (Å²) in [5.74, 6) is -0.498. The Bertz CT molecular complexity index is 712. The molecule has 2 heterocycles.